The van der Waals surface area contributed by atoms with Crippen molar-refractivity contribution in [3.05, 3.63) is 91.5 Å². The molecule has 2 N–H and O–H groups in total. The molecule has 0 bridgehead atoms. The van der Waals surface area contributed by atoms with Gasteiger partial charge in [-0.25, -0.2) is 15.0 Å². The zero-order valence-corrected chi connectivity index (χ0v) is 15.4. The number of hydrogen-bond donors (Lipinski definition) is 1. The summed E-state index contributed by atoms with van der Waals surface area (Å²) in [7, 11) is 0. The Bertz CT molecular complexity index is 1270. The number of nitrogens with two attached hydrogens (primary N) is 1. The van der Waals surface area contributed by atoms with Gasteiger partial charge in [-0.2, -0.15) is 0 Å². The van der Waals surface area contributed by atoms with Crippen molar-refractivity contribution in [3.63, 3.8) is 0 Å². The minimum Gasteiger partial charge on any atom is -0.457 e. The van der Waals surface area contributed by atoms with E-state index in [2.05, 4.69) is 15.0 Å². The third kappa shape index (κ3) is 3.17. The first-order chi connectivity index (χ1) is 14.3. The summed E-state index contributed by atoms with van der Waals surface area (Å²) in [6, 6.07) is 23.3. The molecule has 0 atom stereocenters. The van der Waals surface area contributed by atoms with Gasteiger partial charge in [0.05, 0.1) is 5.39 Å². The summed E-state index contributed by atoms with van der Waals surface area (Å²) in [6.45, 7) is 0. The van der Waals surface area contributed by atoms with Crippen molar-refractivity contribution in [2.75, 3.05) is 5.73 Å². The van der Waals surface area contributed by atoms with Gasteiger partial charge in [-0.1, -0.05) is 36.4 Å². The number of nitrogens with zero attached hydrogens (tertiary/aromatic N) is 4. The predicted molar refractivity (Wildman–Crippen MR) is 113 cm³/mol. The number of ether oxygens (including phenoxy) is 1. The normalized spacial score (nSPS) is 10.9. The van der Waals surface area contributed by atoms with Crippen LogP contribution in [-0.2, 0) is 0 Å². The average Bonchev–Trinajstić information content (AvgIpc) is 3.17. The van der Waals surface area contributed by atoms with Gasteiger partial charge < -0.3 is 10.5 Å². The topological polar surface area (TPSA) is 78.9 Å². The van der Waals surface area contributed by atoms with Gasteiger partial charge in [-0.15, -0.1) is 0 Å². The fourth-order valence-electron chi connectivity index (χ4n) is 3.30. The van der Waals surface area contributed by atoms with E-state index in [0.717, 1.165) is 39.5 Å². The van der Waals surface area contributed by atoms with Gasteiger partial charge in [0.15, 0.2) is 5.65 Å². The van der Waals surface area contributed by atoms with Crippen LogP contribution in [0.4, 0.5) is 5.82 Å². The van der Waals surface area contributed by atoms with Gasteiger partial charge in [0.25, 0.3) is 0 Å². The molecule has 0 saturated heterocycles. The van der Waals surface area contributed by atoms with Gasteiger partial charge in [-0.3, -0.25) is 4.57 Å². The van der Waals surface area contributed by atoms with Gasteiger partial charge in [0.1, 0.15) is 29.5 Å². The molecule has 6 heteroatoms. The first-order valence-electron chi connectivity index (χ1n) is 9.16. The Balaban J connectivity index is 1.58. The highest BCUT2D eigenvalue weighted by molar-refractivity contribution is 6.01. The molecule has 0 fully saturated rings. The van der Waals surface area contributed by atoms with E-state index in [-0.39, 0.29) is 0 Å². The highest BCUT2D eigenvalue weighted by Gasteiger charge is 2.16. The predicted octanol–water partition coefficient (Wildman–Crippen LogP) is 4.86. The summed E-state index contributed by atoms with van der Waals surface area (Å²) in [5, 5.41) is 0.801. The van der Waals surface area contributed by atoms with Crippen molar-refractivity contribution < 1.29 is 4.74 Å². The lowest BCUT2D eigenvalue weighted by Gasteiger charge is -2.06. The average molecular weight is 379 g/mol. The highest BCUT2D eigenvalue weighted by atomic mass is 16.5. The second-order valence-corrected chi connectivity index (χ2v) is 6.50. The first kappa shape index (κ1) is 16.9. The molecule has 3 heterocycles. The van der Waals surface area contributed by atoms with Gasteiger partial charge in [0.2, 0.25) is 0 Å². The van der Waals surface area contributed by atoms with Gasteiger partial charge in [-0.05, 0) is 42.0 Å². The molecular formula is C23H17N5O. The maximum Gasteiger partial charge on any atom is 0.151 e. The standard InChI is InChI=1S/C23H17N5O/c24-22-21-19(14-28(23(21)27-15-26-22)20-8-4-5-13-25-20)16-9-11-18(12-10-16)29-17-6-2-1-3-7-17/h1-15H,(H2,24,26,27). The van der Waals surface area contributed by atoms with Gasteiger partial charge in [0, 0.05) is 18.0 Å². The van der Waals surface area contributed by atoms with Crippen LogP contribution in [0.1, 0.15) is 0 Å². The van der Waals surface area contributed by atoms with Crippen LogP contribution < -0.4 is 10.5 Å². The van der Waals surface area contributed by atoms with Crippen molar-refractivity contribution in [2.45, 2.75) is 0 Å². The second kappa shape index (κ2) is 7.09. The largest absolute Gasteiger partial charge is 0.457 e. The number of hydrogen-bond acceptors (Lipinski definition) is 5. The lowest BCUT2D eigenvalue weighted by molar-refractivity contribution is 0.483. The SMILES string of the molecule is Nc1ncnc2c1c(-c1ccc(Oc3ccccc3)cc1)cn2-c1ccccn1. The smallest absolute Gasteiger partial charge is 0.151 e. The van der Waals surface area contributed by atoms with Crippen LogP contribution in [0.15, 0.2) is 91.5 Å². The van der Waals surface area contributed by atoms with Crippen LogP contribution >= 0.6 is 0 Å². The quantitative estimate of drug-likeness (QED) is 0.482. The zero-order chi connectivity index (χ0) is 19.6. The Morgan fingerprint density at radius 2 is 1.52 bits per heavy atom. The maximum absolute atomic E-state index is 6.21. The summed E-state index contributed by atoms with van der Waals surface area (Å²) in [4.78, 5) is 13.1. The molecule has 140 valence electrons. The lowest BCUT2D eigenvalue weighted by Crippen LogP contribution is -1.98. The molecule has 6 nitrogen and oxygen atoms in total. The van der Waals surface area contributed by atoms with Crippen molar-refractivity contribution >= 4 is 16.9 Å². The van der Waals surface area contributed by atoms with Crippen LogP contribution in [0.3, 0.4) is 0 Å². The molecule has 3 aromatic heterocycles. The molecule has 0 aliphatic heterocycles. The highest BCUT2D eigenvalue weighted by Crippen LogP contribution is 2.35. The van der Waals surface area contributed by atoms with E-state index in [4.69, 9.17) is 10.5 Å². The van der Waals surface area contributed by atoms with Crippen molar-refractivity contribution in [2.24, 2.45) is 0 Å². The fraction of sp³-hybridized carbons (Fsp3) is 0. The summed E-state index contributed by atoms with van der Waals surface area (Å²) in [5.41, 5.74) is 8.86. The van der Waals surface area contributed by atoms with Crippen LogP contribution in [0.5, 0.6) is 11.5 Å². The van der Waals surface area contributed by atoms with Crippen LogP contribution in [0.2, 0.25) is 0 Å². The number of anilines is 1. The number of pyridine rings is 1. The van der Waals surface area contributed by atoms with E-state index in [0.29, 0.717) is 5.82 Å². The number of aromatic nitrogens is 4. The molecule has 0 aliphatic rings. The number of para-hydroxylation sites is 1. The summed E-state index contributed by atoms with van der Waals surface area (Å²) < 4.78 is 7.82. The molecule has 0 spiro atoms. The number of fused-ring (bicyclic) bond motifs is 1. The Kier molecular flexibility index (Phi) is 4.14. The van der Waals surface area contributed by atoms with E-state index in [1.165, 1.54) is 6.33 Å². The molecule has 0 unspecified atom stereocenters. The molecule has 5 rings (SSSR count). The van der Waals surface area contributed by atoms with E-state index in [1.54, 1.807) is 6.20 Å². The molecule has 29 heavy (non-hydrogen) atoms. The number of nitrogen functional groups attached to an aromatic ring is 1. The number of rotatable bonds is 4. The maximum atomic E-state index is 6.21. The summed E-state index contributed by atoms with van der Waals surface area (Å²) in [6.07, 6.45) is 5.21. The second-order valence-electron chi connectivity index (χ2n) is 6.50. The molecule has 5 aromatic rings. The monoisotopic (exact) mass is 379 g/mol. The van der Waals surface area contributed by atoms with Crippen molar-refractivity contribution in [3.8, 4) is 28.4 Å². The fourth-order valence-corrected chi connectivity index (χ4v) is 3.30. The molecule has 0 saturated carbocycles. The Labute approximate surface area is 167 Å². The van der Waals surface area contributed by atoms with E-state index in [9.17, 15) is 0 Å². The van der Waals surface area contributed by atoms with E-state index in [1.807, 2.05) is 83.6 Å². The van der Waals surface area contributed by atoms with Crippen LogP contribution in [-0.4, -0.2) is 19.5 Å². The minimum absolute atomic E-state index is 0.435. The Morgan fingerprint density at radius 3 is 2.28 bits per heavy atom. The zero-order valence-electron chi connectivity index (χ0n) is 15.4. The molecule has 2 aromatic carbocycles. The molecule has 0 amide bonds. The van der Waals surface area contributed by atoms with E-state index < -0.39 is 0 Å². The lowest BCUT2D eigenvalue weighted by atomic mass is 10.1. The molecule has 0 aliphatic carbocycles. The summed E-state index contributed by atoms with van der Waals surface area (Å²) in [5.74, 6) is 2.76. The molecule has 0 radical (unpaired) electrons. The number of benzene rings is 2. The third-order valence-corrected chi connectivity index (χ3v) is 4.65. The summed E-state index contributed by atoms with van der Waals surface area (Å²) >= 11 is 0. The van der Waals surface area contributed by atoms with Crippen LogP contribution in [0, 0.1) is 0 Å². The van der Waals surface area contributed by atoms with Gasteiger partial charge >= 0.3 is 0 Å². The molecular weight excluding hydrogens is 362 g/mol. The third-order valence-electron chi connectivity index (χ3n) is 4.65. The van der Waals surface area contributed by atoms with Crippen molar-refractivity contribution in [1.29, 1.82) is 0 Å². The van der Waals surface area contributed by atoms with E-state index >= 15 is 0 Å². The first-order valence-corrected chi connectivity index (χ1v) is 9.16. The van der Waals surface area contributed by atoms with Crippen molar-refractivity contribution in [1.82, 2.24) is 19.5 Å². The Hall–Kier alpha value is -4.19. The Morgan fingerprint density at radius 1 is 0.759 bits per heavy atom. The minimum atomic E-state index is 0.435. The van der Waals surface area contributed by atoms with Crippen LogP contribution in [0.25, 0.3) is 28.0 Å².